The van der Waals surface area contributed by atoms with Crippen LogP contribution in [0.1, 0.15) is 16.4 Å². The Hall–Kier alpha value is -3.47. The number of aliphatic hydroxyl groups is 1. The van der Waals surface area contributed by atoms with Crippen molar-refractivity contribution in [1.82, 2.24) is 29.7 Å². The zero-order chi connectivity index (χ0) is 22.2. The number of nitrogens with one attached hydrogen (secondary N) is 2. The number of aliphatic hydroxyl groups excluding tert-OH is 1. The number of carbonyl (C=O) groups is 1. The number of nitrogens with zero attached hydrogens (tertiary/aromatic N) is 5. The maximum atomic E-state index is 13.1. The molecule has 1 aliphatic heterocycles. The second-order valence-electron chi connectivity index (χ2n) is 7.41. The largest absolute Gasteiger partial charge is 0.496 e. The molecule has 10 nitrogen and oxygen atoms in total. The Bertz CT molecular complexity index is 1300. The molecule has 5 rings (SSSR count). The van der Waals surface area contributed by atoms with Gasteiger partial charge >= 0.3 is 0 Å². The fourth-order valence-corrected chi connectivity index (χ4v) is 3.99. The van der Waals surface area contributed by atoms with Gasteiger partial charge in [-0.2, -0.15) is 10.2 Å². The van der Waals surface area contributed by atoms with E-state index in [9.17, 15) is 9.90 Å². The molecule has 0 saturated carbocycles. The Labute approximate surface area is 187 Å². The van der Waals surface area contributed by atoms with E-state index in [0.717, 1.165) is 0 Å². The van der Waals surface area contributed by atoms with Crippen molar-refractivity contribution in [1.29, 1.82) is 0 Å². The van der Waals surface area contributed by atoms with Crippen LogP contribution in [0.3, 0.4) is 0 Å². The standard InChI is InChI=1S/C21H20ClN7O3/c1-32-18-4-3-12(22)7-13(18)19-15(11-29(27-19)16-9-23-10-17(16)30)26-21(31)14-8-25-28-6-2-5-24-20(14)28/h2-8,11,16-17,23,30H,9-10H2,1H3,(H,26,31). The van der Waals surface area contributed by atoms with Gasteiger partial charge < -0.3 is 20.5 Å². The minimum Gasteiger partial charge on any atom is -0.496 e. The van der Waals surface area contributed by atoms with Crippen molar-refractivity contribution in [3.8, 4) is 17.0 Å². The Kier molecular flexibility index (Phi) is 5.25. The number of methoxy groups -OCH3 is 1. The maximum absolute atomic E-state index is 13.1. The molecule has 0 spiro atoms. The number of ether oxygens (including phenoxy) is 1. The van der Waals surface area contributed by atoms with E-state index >= 15 is 0 Å². The molecule has 32 heavy (non-hydrogen) atoms. The number of amides is 1. The van der Waals surface area contributed by atoms with Crippen molar-refractivity contribution in [2.45, 2.75) is 12.1 Å². The summed E-state index contributed by atoms with van der Waals surface area (Å²) in [6.07, 6.45) is 5.88. The van der Waals surface area contributed by atoms with Gasteiger partial charge in [-0.25, -0.2) is 9.50 Å². The summed E-state index contributed by atoms with van der Waals surface area (Å²) in [5.41, 5.74) is 2.30. The molecule has 1 aliphatic rings. The Morgan fingerprint density at radius 1 is 1.38 bits per heavy atom. The molecule has 1 fully saturated rings. The fraction of sp³-hybridized carbons (Fsp3) is 0.238. The summed E-state index contributed by atoms with van der Waals surface area (Å²) in [4.78, 5) is 17.4. The third-order valence-electron chi connectivity index (χ3n) is 5.41. The van der Waals surface area contributed by atoms with Gasteiger partial charge in [0.1, 0.15) is 17.0 Å². The van der Waals surface area contributed by atoms with E-state index in [-0.39, 0.29) is 11.9 Å². The van der Waals surface area contributed by atoms with Gasteiger partial charge in [0, 0.05) is 42.3 Å². The summed E-state index contributed by atoms with van der Waals surface area (Å²) in [6, 6.07) is 6.64. The van der Waals surface area contributed by atoms with Crippen molar-refractivity contribution in [2.75, 3.05) is 25.5 Å². The Morgan fingerprint density at radius 3 is 3.03 bits per heavy atom. The van der Waals surface area contributed by atoms with Crippen LogP contribution in [0, 0.1) is 0 Å². The monoisotopic (exact) mass is 453 g/mol. The summed E-state index contributed by atoms with van der Waals surface area (Å²) in [7, 11) is 1.55. The number of benzene rings is 1. The minimum atomic E-state index is -0.601. The molecule has 4 aromatic rings. The van der Waals surface area contributed by atoms with E-state index in [1.165, 1.54) is 10.7 Å². The molecule has 4 heterocycles. The van der Waals surface area contributed by atoms with E-state index in [0.29, 0.717) is 52.0 Å². The summed E-state index contributed by atoms with van der Waals surface area (Å²) in [5.74, 6) is 0.170. The lowest BCUT2D eigenvalue weighted by molar-refractivity contribution is 0.102. The number of rotatable bonds is 5. The third-order valence-corrected chi connectivity index (χ3v) is 5.65. The number of anilines is 1. The molecule has 2 unspecified atom stereocenters. The number of β-amino-alcohol motifs (C(OH)–C–C–N with tert-alkyl or cyclic N) is 1. The molecule has 11 heteroatoms. The first-order chi connectivity index (χ1) is 15.5. The highest BCUT2D eigenvalue weighted by atomic mass is 35.5. The van der Waals surface area contributed by atoms with Crippen LogP contribution in [-0.2, 0) is 0 Å². The van der Waals surface area contributed by atoms with Crippen molar-refractivity contribution in [3.63, 3.8) is 0 Å². The van der Waals surface area contributed by atoms with Crippen LogP contribution in [0.15, 0.2) is 49.1 Å². The molecule has 1 saturated heterocycles. The quantitative estimate of drug-likeness (QED) is 0.423. The van der Waals surface area contributed by atoms with Gasteiger partial charge in [0.25, 0.3) is 5.91 Å². The number of hydrogen-bond donors (Lipinski definition) is 3. The number of hydrogen-bond acceptors (Lipinski definition) is 7. The van der Waals surface area contributed by atoms with Gasteiger partial charge in [0.15, 0.2) is 5.65 Å². The second kappa shape index (κ2) is 8.23. The van der Waals surface area contributed by atoms with E-state index in [1.54, 1.807) is 54.6 Å². The molecule has 3 aromatic heterocycles. The molecule has 3 N–H and O–H groups in total. The van der Waals surface area contributed by atoms with Crippen molar-refractivity contribution >= 4 is 28.8 Å². The zero-order valence-corrected chi connectivity index (χ0v) is 17.8. The van der Waals surface area contributed by atoms with E-state index in [4.69, 9.17) is 16.3 Å². The van der Waals surface area contributed by atoms with Crippen LogP contribution in [0.5, 0.6) is 5.75 Å². The maximum Gasteiger partial charge on any atom is 0.261 e. The van der Waals surface area contributed by atoms with Crippen molar-refractivity contribution < 1.29 is 14.6 Å². The molecule has 0 radical (unpaired) electrons. The molecule has 1 amide bonds. The summed E-state index contributed by atoms with van der Waals surface area (Å²) in [5, 5.41) is 25.8. The van der Waals surface area contributed by atoms with E-state index in [2.05, 4.69) is 25.8 Å². The molecule has 0 aliphatic carbocycles. The molecule has 1 aromatic carbocycles. The number of carbonyl (C=O) groups excluding carboxylic acids is 1. The van der Waals surface area contributed by atoms with Gasteiger partial charge in [-0.3, -0.25) is 9.48 Å². The Balaban J connectivity index is 1.58. The molecule has 164 valence electrons. The SMILES string of the molecule is COc1ccc(Cl)cc1-c1nn(C2CNCC2O)cc1NC(=O)c1cnn2cccnc12. The first-order valence-electron chi connectivity index (χ1n) is 9.96. The molecular formula is C21H20ClN7O3. The van der Waals surface area contributed by atoms with Crippen LogP contribution in [0.4, 0.5) is 5.69 Å². The average Bonchev–Trinajstić information content (AvgIpc) is 3.51. The van der Waals surface area contributed by atoms with Gasteiger partial charge in [-0.1, -0.05) is 11.6 Å². The van der Waals surface area contributed by atoms with Crippen LogP contribution < -0.4 is 15.4 Å². The lowest BCUT2D eigenvalue weighted by Gasteiger charge is -2.13. The number of fused-ring (bicyclic) bond motifs is 1. The number of halogens is 1. The third kappa shape index (κ3) is 3.58. The topological polar surface area (TPSA) is 119 Å². The lowest BCUT2D eigenvalue weighted by atomic mass is 10.1. The second-order valence-corrected chi connectivity index (χ2v) is 7.85. The predicted molar refractivity (Wildman–Crippen MR) is 118 cm³/mol. The Morgan fingerprint density at radius 2 is 2.25 bits per heavy atom. The smallest absolute Gasteiger partial charge is 0.261 e. The fourth-order valence-electron chi connectivity index (χ4n) is 3.82. The van der Waals surface area contributed by atoms with Gasteiger partial charge in [0.05, 0.1) is 31.1 Å². The highest BCUT2D eigenvalue weighted by Crippen LogP contribution is 2.37. The van der Waals surface area contributed by atoms with Crippen molar-refractivity contribution in [3.05, 3.63) is 59.6 Å². The summed E-state index contributed by atoms with van der Waals surface area (Å²) in [6.45, 7) is 1.02. The van der Waals surface area contributed by atoms with Gasteiger partial charge in [0.2, 0.25) is 0 Å². The summed E-state index contributed by atoms with van der Waals surface area (Å²) >= 11 is 6.24. The van der Waals surface area contributed by atoms with Crippen molar-refractivity contribution in [2.24, 2.45) is 0 Å². The molecule has 2 atom stereocenters. The minimum absolute atomic E-state index is 0.275. The van der Waals surface area contributed by atoms with E-state index in [1.807, 2.05) is 0 Å². The summed E-state index contributed by atoms with van der Waals surface area (Å²) < 4.78 is 8.68. The first kappa shape index (κ1) is 20.4. The lowest BCUT2D eigenvalue weighted by Crippen LogP contribution is -2.22. The van der Waals surface area contributed by atoms with Crippen LogP contribution in [0.25, 0.3) is 16.9 Å². The van der Waals surface area contributed by atoms with Crippen LogP contribution >= 0.6 is 11.6 Å². The highest BCUT2D eigenvalue weighted by molar-refractivity contribution is 6.31. The molecular weight excluding hydrogens is 434 g/mol. The highest BCUT2D eigenvalue weighted by Gasteiger charge is 2.29. The van der Waals surface area contributed by atoms with Gasteiger partial charge in [-0.05, 0) is 24.3 Å². The predicted octanol–water partition coefficient (Wildman–Crippen LogP) is 2.01. The molecule has 0 bridgehead atoms. The van der Waals surface area contributed by atoms with Crippen LogP contribution in [-0.4, -0.2) is 61.7 Å². The number of aromatic nitrogens is 5. The van der Waals surface area contributed by atoms with Gasteiger partial charge in [-0.15, -0.1) is 0 Å². The van der Waals surface area contributed by atoms with Crippen LogP contribution in [0.2, 0.25) is 5.02 Å². The van der Waals surface area contributed by atoms with E-state index < -0.39 is 6.10 Å². The first-order valence-corrected chi connectivity index (χ1v) is 10.3. The average molecular weight is 454 g/mol. The zero-order valence-electron chi connectivity index (χ0n) is 17.1. The normalized spacial score (nSPS) is 18.2.